The largest absolute Gasteiger partial charge is 0.481 e. The summed E-state index contributed by atoms with van der Waals surface area (Å²) in [4.78, 5) is 9.37. The Balaban J connectivity index is 0.000000841. The molecule has 0 aliphatic carbocycles. The van der Waals surface area contributed by atoms with Gasteiger partial charge < -0.3 is 15.2 Å². The maximum atomic E-state index is 9.37. The predicted molar refractivity (Wildman–Crippen MR) is 97.0 cm³/mol. The summed E-state index contributed by atoms with van der Waals surface area (Å²) in [6.45, 7) is 6.89. The lowest BCUT2D eigenvalue weighted by Crippen LogP contribution is -2.38. The zero-order chi connectivity index (χ0) is 17.2. The maximum Gasteiger partial charge on any atom is 0.303 e. The molecule has 1 aliphatic rings. The lowest BCUT2D eigenvalue weighted by Gasteiger charge is -2.23. The SMILES string of the molecule is CCC(=O)O.CCCCCCCCCCCCC1CNCCO1. The number of carbonyl (C=O) groups is 1. The number of rotatable bonds is 12. The average molecular weight is 330 g/mol. The van der Waals surface area contributed by atoms with Crippen LogP contribution in [0, 0.1) is 0 Å². The molecule has 1 heterocycles. The van der Waals surface area contributed by atoms with Crippen molar-refractivity contribution in [2.45, 2.75) is 97.0 Å². The molecular weight excluding hydrogens is 290 g/mol. The predicted octanol–water partition coefficient (Wildman–Crippen LogP) is 4.77. The van der Waals surface area contributed by atoms with E-state index in [1.165, 1.54) is 70.6 Å². The van der Waals surface area contributed by atoms with E-state index in [0.29, 0.717) is 6.10 Å². The van der Waals surface area contributed by atoms with Gasteiger partial charge in [-0.05, 0) is 6.42 Å². The van der Waals surface area contributed by atoms with Gasteiger partial charge in [0, 0.05) is 19.5 Å². The zero-order valence-electron chi connectivity index (χ0n) is 15.4. The molecule has 23 heavy (non-hydrogen) atoms. The van der Waals surface area contributed by atoms with Gasteiger partial charge in [0.25, 0.3) is 0 Å². The van der Waals surface area contributed by atoms with Crippen LogP contribution in [-0.2, 0) is 9.53 Å². The van der Waals surface area contributed by atoms with Crippen LogP contribution < -0.4 is 5.32 Å². The highest BCUT2D eigenvalue weighted by molar-refractivity contribution is 5.66. The summed E-state index contributed by atoms with van der Waals surface area (Å²) in [5.74, 6) is -0.745. The lowest BCUT2D eigenvalue weighted by molar-refractivity contribution is -0.136. The van der Waals surface area contributed by atoms with Gasteiger partial charge in [-0.1, -0.05) is 78.1 Å². The van der Waals surface area contributed by atoms with Gasteiger partial charge in [-0.25, -0.2) is 0 Å². The standard InChI is InChI=1S/C16H33NO.C3H6O2/c1-2-3-4-5-6-7-8-9-10-11-12-16-15-17-13-14-18-16;1-2-3(4)5/h16-17H,2-15H2,1H3;2H2,1H3,(H,4,5). The van der Waals surface area contributed by atoms with Crippen LogP contribution in [0.25, 0.3) is 0 Å². The summed E-state index contributed by atoms with van der Waals surface area (Å²) in [6.07, 6.45) is 16.2. The topological polar surface area (TPSA) is 58.6 Å². The van der Waals surface area contributed by atoms with Gasteiger partial charge in [0.2, 0.25) is 0 Å². The van der Waals surface area contributed by atoms with Crippen LogP contribution in [0.4, 0.5) is 0 Å². The second-order valence-electron chi connectivity index (χ2n) is 6.41. The van der Waals surface area contributed by atoms with Gasteiger partial charge >= 0.3 is 5.97 Å². The average Bonchev–Trinajstić information content (AvgIpc) is 2.58. The van der Waals surface area contributed by atoms with Crippen LogP contribution in [0.2, 0.25) is 0 Å². The van der Waals surface area contributed by atoms with Crippen LogP contribution in [0.15, 0.2) is 0 Å². The highest BCUT2D eigenvalue weighted by Crippen LogP contribution is 2.13. The summed E-state index contributed by atoms with van der Waals surface area (Å²) < 4.78 is 5.70. The Morgan fingerprint density at radius 3 is 1.96 bits per heavy atom. The van der Waals surface area contributed by atoms with Crippen LogP contribution in [0.1, 0.15) is 90.9 Å². The van der Waals surface area contributed by atoms with E-state index in [0.717, 1.165) is 19.7 Å². The highest BCUT2D eigenvalue weighted by Gasteiger charge is 2.11. The summed E-state index contributed by atoms with van der Waals surface area (Å²) in [6, 6.07) is 0. The van der Waals surface area contributed by atoms with Gasteiger partial charge in [-0.3, -0.25) is 4.79 Å². The summed E-state index contributed by atoms with van der Waals surface area (Å²) in [5.41, 5.74) is 0. The Morgan fingerprint density at radius 1 is 1.00 bits per heavy atom. The minimum Gasteiger partial charge on any atom is -0.481 e. The van der Waals surface area contributed by atoms with E-state index in [2.05, 4.69) is 12.2 Å². The van der Waals surface area contributed by atoms with E-state index in [-0.39, 0.29) is 6.42 Å². The Hall–Kier alpha value is -0.610. The third kappa shape index (κ3) is 17.6. The van der Waals surface area contributed by atoms with E-state index in [4.69, 9.17) is 9.84 Å². The van der Waals surface area contributed by atoms with E-state index in [1.54, 1.807) is 6.92 Å². The van der Waals surface area contributed by atoms with Crippen LogP contribution >= 0.6 is 0 Å². The van der Waals surface area contributed by atoms with Gasteiger partial charge in [0.15, 0.2) is 0 Å². The van der Waals surface area contributed by atoms with Crippen molar-refractivity contribution in [2.24, 2.45) is 0 Å². The molecule has 0 aromatic heterocycles. The van der Waals surface area contributed by atoms with Crippen molar-refractivity contribution in [3.05, 3.63) is 0 Å². The molecule has 1 unspecified atom stereocenters. The monoisotopic (exact) mass is 329 g/mol. The first-order valence-corrected chi connectivity index (χ1v) is 9.74. The molecule has 4 nitrogen and oxygen atoms in total. The van der Waals surface area contributed by atoms with Crippen LogP contribution in [-0.4, -0.2) is 36.9 Å². The molecule has 0 radical (unpaired) electrons. The zero-order valence-corrected chi connectivity index (χ0v) is 15.4. The number of morpholine rings is 1. The maximum absolute atomic E-state index is 9.37. The van der Waals surface area contributed by atoms with E-state index < -0.39 is 5.97 Å². The number of carboxylic acids is 1. The van der Waals surface area contributed by atoms with Crippen molar-refractivity contribution in [1.82, 2.24) is 5.32 Å². The Morgan fingerprint density at radius 2 is 1.52 bits per heavy atom. The molecule has 0 bridgehead atoms. The van der Waals surface area contributed by atoms with Crippen molar-refractivity contribution in [3.63, 3.8) is 0 Å². The molecule has 138 valence electrons. The third-order valence-electron chi connectivity index (χ3n) is 4.19. The summed E-state index contributed by atoms with van der Waals surface area (Å²) >= 11 is 0. The first-order chi connectivity index (χ1) is 11.2. The van der Waals surface area contributed by atoms with E-state index in [1.807, 2.05) is 0 Å². The summed E-state index contributed by atoms with van der Waals surface area (Å²) in [5, 5.41) is 11.1. The number of ether oxygens (including phenoxy) is 1. The van der Waals surface area contributed by atoms with E-state index in [9.17, 15) is 4.79 Å². The Labute approximate surface area is 143 Å². The van der Waals surface area contributed by atoms with Crippen molar-refractivity contribution < 1.29 is 14.6 Å². The molecule has 0 spiro atoms. The normalized spacial score (nSPS) is 17.4. The number of carboxylic acid groups (broad SMARTS) is 1. The number of aliphatic carboxylic acids is 1. The third-order valence-corrected chi connectivity index (χ3v) is 4.19. The van der Waals surface area contributed by atoms with Crippen molar-refractivity contribution in [1.29, 1.82) is 0 Å². The fourth-order valence-electron chi connectivity index (χ4n) is 2.66. The molecule has 1 rings (SSSR count). The number of unbranched alkanes of at least 4 members (excludes halogenated alkanes) is 9. The minimum atomic E-state index is -0.745. The number of hydrogen-bond donors (Lipinski definition) is 2. The molecule has 1 saturated heterocycles. The van der Waals surface area contributed by atoms with Crippen LogP contribution in [0.3, 0.4) is 0 Å². The molecule has 2 N–H and O–H groups in total. The molecule has 0 aromatic carbocycles. The van der Waals surface area contributed by atoms with Gasteiger partial charge in [0.05, 0.1) is 12.7 Å². The van der Waals surface area contributed by atoms with Gasteiger partial charge in [0.1, 0.15) is 0 Å². The fraction of sp³-hybridized carbons (Fsp3) is 0.947. The smallest absolute Gasteiger partial charge is 0.303 e. The highest BCUT2D eigenvalue weighted by atomic mass is 16.5. The van der Waals surface area contributed by atoms with Gasteiger partial charge in [-0.15, -0.1) is 0 Å². The van der Waals surface area contributed by atoms with Gasteiger partial charge in [-0.2, -0.15) is 0 Å². The molecule has 1 fully saturated rings. The quantitative estimate of drug-likeness (QED) is 0.506. The first-order valence-electron chi connectivity index (χ1n) is 9.74. The molecular formula is C19H39NO3. The van der Waals surface area contributed by atoms with Crippen LogP contribution in [0.5, 0.6) is 0 Å². The molecule has 1 aliphatic heterocycles. The number of hydrogen-bond acceptors (Lipinski definition) is 3. The second-order valence-corrected chi connectivity index (χ2v) is 6.41. The molecule has 1 atom stereocenters. The lowest BCUT2D eigenvalue weighted by atomic mass is 10.0. The molecule has 4 heteroatoms. The van der Waals surface area contributed by atoms with Crippen molar-refractivity contribution in [3.8, 4) is 0 Å². The van der Waals surface area contributed by atoms with E-state index >= 15 is 0 Å². The Bertz CT molecular complexity index is 253. The molecule has 0 saturated carbocycles. The Kier molecular flexibility index (Phi) is 17.3. The summed E-state index contributed by atoms with van der Waals surface area (Å²) in [7, 11) is 0. The first kappa shape index (κ1) is 22.4. The minimum absolute atomic E-state index is 0.222. The van der Waals surface area contributed by atoms with Crippen molar-refractivity contribution >= 4 is 5.97 Å². The molecule has 0 aromatic rings. The van der Waals surface area contributed by atoms with Crippen molar-refractivity contribution in [2.75, 3.05) is 19.7 Å². The fourth-order valence-corrected chi connectivity index (χ4v) is 2.66. The second kappa shape index (κ2) is 17.7. The number of nitrogens with one attached hydrogen (secondary N) is 1. The molecule has 0 amide bonds.